The highest BCUT2D eigenvalue weighted by atomic mass is 32.1. The first-order chi connectivity index (χ1) is 8.74. The Hall–Kier alpha value is -1.19. The summed E-state index contributed by atoms with van der Waals surface area (Å²) in [5.74, 6) is -0.155. The monoisotopic (exact) mass is 263 g/mol. The molecule has 18 heavy (non-hydrogen) atoms. The van der Waals surface area contributed by atoms with Crippen LogP contribution in [0.1, 0.15) is 18.1 Å². The van der Waals surface area contributed by atoms with Crippen molar-refractivity contribution in [1.82, 2.24) is 5.32 Å². The fraction of sp³-hybridized carbons (Fsp3) is 0.333. The van der Waals surface area contributed by atoms with Crippen molar-refractivity contribution < 1.29 is 4.39 Å². The lowest BCUT2D eigenvalue weighted by Crippen LogP contribution is -2.29. The molecule has 1 aromatic heterocycles. The van der Waals surface area contributed by atoms with Crippen LogP contribution in [-0.4, -0.2) is 12.6 Å². The van der Waals surface area contributed by atoms with Gasteiger partial charge in [-0.05, 0) is 66.4 Å². The number of hydrogen-bond donors (Lipinski definition) is 1. The molecule has 0 aliphatic rings. The highest BCUT2D eigenvalue weighted by Crippen LogP contribution is 2.08. The topological polar surface area (TPSA) is 12.0 Å². The fourth-order valence-electron chi connectivity index (χ4n) is 1.99. The van der Waals surface area contributed by atoms with Crippen LogP contribution < -0.4 is 5.32 Å². The van der Waals surface area contributed by atoms with E-state index in [1.54, 1.807) is 23.5 Å². The van der Waals surface area contributed by atoms with Crippen molar-refractivity contribution in [2.75, 3.05) is 6.54 Å². The molecule has 1 unspecified atom stereocenters. The average molecular weight is 263 g/mol. The summed E-state index contributed by atoms with van der Waals surface area (Å²) in [6, 6.07) is 9.35. The van der Waals surface area contributed by atoms with Crippen molar-refractivity contribution in [1.29, 1.82) is 0 Å². The number of rotatable bonds is 6. The normalized spacial score (nSPS) is 12.6. The maximum Gasteiger partial charge on any atom is 0.123 e. The molecule has 1 aromatic carbocycles. The van der Waals surface area contributed by atoms with Gasteiger partial charge in [-0.3, -0.25) is 0 Å². The van der Waals surface area contributed by atoms with Gasteiger partial charge in [-0.2, -0.15) is 11.3 Å². The first-order valence-corrected chi connectivity index (χ1v) is 7.17. The fourth-order valence-corrected chi connectivity index (χ4v) is 2.69. The van der Waals surface area contributed by atoms with Gasteiger partial charge in [-0.25, -0.2) is 4.39 Å². The lowest BCUT2D eigenvalue weighted by Gasteiger charge is -2.13. The molecule has 0 fully saturated rings. The molecule has 2 aromatic rings. The van der Waals surface area contributed by atoms with Crippen LogP contribution in [0.5, 0.6) is 0 Å². The number of hydrogen-bond acceptors (Lipinski definition) is 2. The van der Waals surface area contributed by atoms with Gasteiger partial charge in [-0.15, -0.1) is 0 Å². The van der Waals surface area contributed by atoms with Crippen molar-refractivity contribution in [3.05, 3.63) is 58.0 Å². The van der Waals surface area contributed by atoms with Gasteiger partial charge in [0.15, 0.2) is 0 Å². The molecule has 0 saturated carbocycles. The molecule has 0 aliphatic heterocycles. The number of thiophene rings is 1. The quantitative estimate of drug-likeness (QED) is 0.839. The SMILES string of the molecule is CC(Cc1cccc(F)c1)NCCc1ccsc1. The second kappa shape index (κ2) is 6.66. The zero-order valence-corrected chi connectivity index (χ0v) is 11.3. The molecular weight excluding hydrogens is 245 g/mol. The van der Waals surface area contributed by atoms with Gasteiger partial charge in [-0.1, -0.05) is 12.1 Å². The van der Waals surface area contributed by atoms with Gasteiger partial charge in [0.25, 0.3) is 0 Å². The summed E-state index contributed by atoms with van der Waals surface area (Å²) >= 11 is 1.73. The summed E-state index contributed by atoms with van der Waals surface area (Å²) < 4.78 is 13.0. The van der Waals surface area contributed by atoms with Crippen LogP contribution in [0.15, 0.2) is 41.1 Å². The molecule has 0 spiro atoms. The van der Waals surface area contributed by atoms with Crippen LogP contribution in [-0.2, 0) is 12.8 Å². The second-order valence-electron chi connectivity index (χ2n) is 4.57. The van der Waals surface area contributed by atoms with E-state index in [0.717, 1.165) is 24.9 Å². The number of nitrogens with one attached hydrogen (secondary N) is 1. The van der Waals surface area contributed by atoms with E-state index in [4.69, 9.17) is 0 Å². The standard InChI is InChI=1S/C15H18FNS/c1-12(9-14-3-2-4-15(16)10-14)17-7-5-13-6-8-18-11-13/h2-4,6,8,10-12,17H,5,7,9H2,1H3. The molecular formula is C15H18FNS. The van der Waals surface area contributed by atoms with Gasteiger partial charge in [0.1, 0.15) is 5.82 Å². The summed E-state index contributed by atoms with van der Waals surface area (Å²) in [5, 5.41) is 7.75. The van der Waals surface area contributed by atoms with Crippen LogP contribution in [0.3, 0.4) is 0 Å². The van der Waals surface area contributed by atoms with E-state index < -0.39 is 0 Å². The van der Waals surface area contributed by atoms with Crippen molar-refractivity contribution >= 4 is 11.3 Å². The smallest absolute Gasteiger partial charge is 0.123 e. The summed E-state index contributed by atoms with van der Waals surface area (Å²) in [6.45, 7) is 3.10. The largest absolute Gasteiger partial charge is 0.314 e. The molecule has 1 nitrogen and oxygen atoms in total. The maximum atomic E-state index is 13.0. The number of halogens is 1. The van der Waals surface area contributed by atoms with Crippen LogP contribution in [0.4, 0.5) is 4.39 Å². The Balaban J connectivity index is 1.73. The molecule has 96 valence electrons. The van der Waals surface area contributed by atoms with E-state index in [0.29, 0.717) is 6.04 Å². The first-order valence-electron chi connectivity index (χ1n) is 6.23. The van der Waals surface area contributed by atoms with Crippen molar-refractivity contribution in [2.45, 2.75) is 25.8 Å². The second-order valence-corrected chi connectivity index (χ2v) is 5.35. The Labute approximate surface area is 112 Å². The van der Waals surface area contributed by atoms with Gasteiger partial charge in [0, 0.05) is 6.04 Å². The molecule has 3 heteroatoms. The predicted octanol–water partition coefficient (Wildman–Crippen LogP) is 3.65. The molecule has 2 rings (SSSR count). The maximum absolute atomic E-state index is 13.0. The van der Waals surface area contributed by atoms with Crippen LogP contribution in [0, 0.1) is 5.82 Å². The molecule has 1 atom stereocenters. The minimum atomic E-state index is -0.155. The van der Waals surface area contributed by atoms with E-state index in [-0.39, 0.29) is 5.82 Å². The van der Waals surface area contributed by atoms with E-state index in [1.807, 2.05) is 6.07 Å². The van der Waals surface area contributed by atoms with Gasteiger partial charge >= 0.3 is 0 Å². The predicted molar refractivity (Wildman–Crippen MR) is 75.6 cm³/mol. The van der Waals surface area contributed by atoms with Crippen LogP contribution >= 0.6 is 11.3 Å². The molecule has 0 saturated heterocycles. The summed E-state index contributed by atoms with van der Waals surface area (Å²) in [4.78, 5) is 0. The summed E-state index contributed by atoms with van der Waals surface area (Å²) in [5.41, 5.74) is 2.43. The molecule has 1 N–H and O–H groups in total. The Kier molecular flexibility index (Phi) is 4.90. The zero-order chi connectivity index (χ0) is 12.8. The van der Waals surface area contributed by atoms with Crippen molar-refractivity contribution in [2.24, 2.45) is 0 Å². The average Bonchev–Trinajstić information content (AvgIpc) is 2.82. The zero-order valence-electron chi connectivity index (χ0n) is 10.5. The van der Waals surface area contributed by atoms with Crippen LogP contribution in [0.2, 0.25) is 0 Å². The minimum absolute atomic E-state index is 0.155. The lowest BCUT2D eigenvalue weighted by molar-refractivity contribution is 0.546. The Morgan fingerprint density at radius 3 is 2.89 bits per heavy atom. The Morgan fingerprint density at radius 2 is 2.17 bits per heavy atom. The highest BCUT2D eigenvalue weighted by Gasteiger charge is 2.03. The highest BCUT2D eigenvalue weighted by molar-refractivity contribution is 7.07. The third-order valence-corrected chi connectivity index (χ3v) is 3.65. The van der Waals surface area contributed by atoms with Crippen molar-refractivity contribution in [3.63, 3.8) is 0 Å². The van der Waals surface area contributed by atoms with E-state index in [2.05, 4.69) is 29.1 Å². The Morgan fingerprint density at radius 1 is 1.28 bits per heavy atom. The van der Waals surface area contributed by atoms with Gasteiger partial charge in [0.2, 0.25) is 0 Å². The van der Waals surface area contributed by atoms with E-state index >= 15 is 0 Å². The van der Waals surface area contributed by atoms with E-state index in [9.17, 15) is 4.39 Å². The Bertz CT molecular complexity index is 467. The lowest BCUT2D eigenvalue weighted by atomic mass is 10.1. The van der Waals surface area contributed by atoms with Gasteiger partial charge < -0.3 is 5.32 Å². The first kappa shape index (κ1) is 13.2. The molecule has 0 radical (unpaired) electrons. The van der Waals surface area contributed by atoms with Gasteiger partial charge in [0.05, 0.1) is 0 Å². The van der Waals surface area contributed by atoms with Crippen LogP contribution in [0.25, 0.3) is 0 Å². The summed E-state index contributed by atoms with van der Waals surface area (Å²) in [7, 11) is 0. The molecule has 1 heterocycles. The minimum Gasteiger partial charge on any atom is -0.314 e. The third-order valence-electron chi connectivity index (χ3n) is 2.92. The number of benzene rings is 1. The van der Waals surface area contributed by atoms with E-state index in [1.165, 1.54) is 11.6 Å². The third kappa shape index (κ3) is 4.24. The molecule has 0 amide bonds. The molecule has 0 bridgehead atoms. The van der Waals surface area contributed by atoms with Crippen molar-refractivity contribution in [3.8, 4) is 0 Å². The summed E-state index contributed by atoms with van der Waals surface area (Å²) in [6.07, 6.45) is 1.92. The molecule has 0 aliphatic carbocycles.